The lowest BCUT2D eigenvalue weighted by Crippen LogP contribution is -2.19. The third-order valence-electron chi connectivity index (χ3n) is 4.81. The Kier molecular flexibility index (Phi) is 3.19. The van der Waals surface area contributed by atoms with Crippen LogP contribution >= 0.6 is 0 Å². The first kappa shape index (κ1) is 13.4. The Labute approximate surface area is 120 Å². The number of nitrogen functional groups attached to an aromatic ring is 1. The highest BCUT2D eigenvalue weighted by Crippen LogP contribution is 2.38. The number of aryl methyl sites for hydroxylation is 2. The molecule has 2 unspecified atom stereocenters. The molecular weight excluding hydrogens is 248 g/mol. The summed E-state index contributed by atoms with van der Waals surface area (Å²) in [4.78, 5) is 9.02. The smallest absolute Gasteiger partial charge is 0.146 e. The zero-order chi connectivity index (χ0) is 14.4. The number of fused-ring (bicyclic) bond motifs is 1. The molecule has 0 saturated heterocycles. The fourth-order valence-electron chi connectivity index (χ4n) is 3.72. The summed E-state index contributed by atoms with van der Waals surface area (Å²) in [6.45, 7) is 8.59. The van der Waals surface area contributed by atoms with Crippen molar-refractivity contribution in [3.8, 4) is 0 Å². The molecule has 4 nitrogen and oxygen atoms in total. The average Bonchev–Trinajstić information content (AvgIpc) is 2.61. The molecule has 2 atom stereocenters. The van der Waals surface area contributed by atoms with Gasteiger partial charge in [-0.1, -0.05) is 19.8 Å². The lowest BCUT2D eigenvalue weighted by atomic mass is 9.87. The molecule has 0 amide bonds. The molecule has 0 aromatic carbocycles. The van der Waals surface area contributed by atoms with Crippen LogP contribution in [0.1, 0.15) is 55.7 Å². The Morgan fingerprint density at radius 1 is 1.15 bits per heavy atom. The third kappa shape index (κ3) is 1.98. The van der Waals surface area contributed by atoms with E-state index >= 15 is 0 Å². The summed E-state index contributed by atoms with van der Waals surface area (Å²) in [5, 5.41) is 1.05. The molecule has 4 heteroatoms. The molecule has 3 rings (SSSR count). The van der Waals surface area contributed by atoms with Gasteiger partial charge >= 0.3 is 0 Å². The fraction of sp³-hybridized carbons (Fsp3) is 0.625. The molecule has 2 aromatic rings. The Morgan fingerprint density at radius 2 is 1.90 bits per heavy atom. The van der Waals surface area contributed by atoms with Crippen molar-refractivity contribution in [2.45, 2.75) is 59.4 Å². The van der Waals surface area contributed by atoms with Crippen molar-refractivity contribution >= 4 is 16.9 Å². The first-order valence-electron chi connectivity index (χ1n) is 7.60. The van der Waals surface area contributed by atoms with Crippen LogP contribution in [-0.2, 0) is 0 Å². The molecule has 0 aliphatic heterocycles. The highest BCUT2D eigenvalue weighted by atomic mass is 15.1. The predicted molar refractivity (Wildman–Crippen MR) is 82.8 cm³/mol. The molecule has 1 aliphatic carbocycles. The maximum atomic E-state index is 6.13. The number of hydrogen-bond donors (Lipinski definition) is 1. The number of anilines is 1. The minimum Gasteiger partial charge on any atom is -0.383 e. The Morgan fingerprint density at radius 3 is 2.60 bits per heavy atom. The first-order chi connectivity index (χ1) is 9.49. The topological polar surface area (TPSA) is 56.7 Å². The summed E-state index contributed by atoms with van der Waals surface area (Å²) in [5.74, 6) is 2.18. The second-order valence-corrected chi connectivity index (χ2v) is 6.36. The van der Waals surface area contributed by atoms with E-state index in [2.05, 4.69) is 30.3 Å². The zero-order valence-corrected chi connectivity index (χ0v) is 12.9. The van der Waals surface area contributed by atoms with Crippen molar-refractivity contribution in [2.75, 3.05) is 5.73 Å². The molecule has 1 saturated carbocycles. The van der Waals surface area contributed by atoms with Gasteiger partial charge in [-0.15, -0.1) is 0 Å². The van der Waals surface area contributed by atoms with Crippen molar-refractivity contribution in [1.29, 1.82) is 0 Å². The van der Waals surface area contributed by atoms with E-state index in [1.807, 2.05) is 6.92 Å². The van der Waals surface area contributed by atoms with Gasteiger partial charge in [0.2, 0.25) is 0 Å². The minimum atomic E-state index is 0.559. The van der Waals surface area contributed by atoms with E-state index in [1.54, 1.807) is 0 Å². The summed E-state index contributed by atoms with van der Waals surface area (Å²) < 4.78 is 2.42. The molecule has 20 heavy (non-hydrogen) atoms. The van der Waals surface area contributed by atoms with Gasteiger partial charge in [-0.3, -0.25) is 0 Å². The van der Waals surface area contributed by atoms with E-state index in [-0.39, 0.29) is 0 Å². The summed E-state index contributed by atoms with van der Waals surface area (Å²) >= 11 is 0. The van der Waals surface area contributed by atoms with Gasteiger partial charge < -0.3 is 10.3 Å². The number of nitrogens with zero attached hydrogens (tertiary/aromatic N) is 3. The molecule has 1 aliphatic rings. The second kappa shape index (κ2) is 4.76. The average molecular weight is 272 g/mol. The number of aromatic nitrogens is 3. The quantitative estimate of drug-likeness (QED) is 0.861. The maximum absolute atomic E-state index is 6.13. The lowest BCUT2D eigenvalue weighted by molar-refractivity contribution is 0.284. The van der Waals surface area contributed by atoms with Crippen LogP contribution in [0, 0.1) is 26.7 Å². The van der Waals surface area contributed by atoms with Crippen LogP contribution in [0.3, 0.4) is 0 Å². The molecule has 108 valence electrons. The molecule has 2 heterocycles. The van der Waals surface area contributed by atoms with Gasteiger partial charge in [-0.05, 0) is 45.1 Å². The van der Waals surface area contributed by atoms with Gasteiger partial charge in [0.25, 0.3) is 0 Å². The van der Waals surface area contributed by atoms with Crippen molar-refractivity contribution in [3.63, 3.8) is 0 Å². The SMILES string of the molecule is Cc1nc(N)c2c(C)c(C)n(C3CCCC(C)C3)c2n1. The highest BCUT2D eigenvalue weighted by molar-refractivity contribution is 5.91. The molecule has 1 fully saturated rings. The minimum absolute atomic E-state index is 0.559. The van der Waals surface area contributed by atoms with Gasteiger partial charge in [-0.2, -0.15) is 0 Å². The Hall–Kier alpha value is -1.58. The van der Waals surface area contributed by atoms with Gasteiger partial charge in [-0.25, -0.2) is 9.97 Å². The molecular formula is C16H24N4. The Bertz CT molecular complexity index is 656. The largest absolute Gasteiger partial charge is 0.383 e. The molecule has 2 N–H and O–H groups in total. The fourth-order valence-corrected chi connectivity index (χ4v) is 3.72. The summed E-state index contributed by atoms with van der Waals surface area (Å²) in [6, 6.07) is 0.559. The summed E-state index contributed by atoms with van der Waals surface area (Å²) in [7, 11) is 0. The van der Waals surface area contributed by atoms with E-state index in [9.17, 15) is 0 Å². The first-order valence-corrected chi connectivity index (χ1v) is 7.60. The van der Waals surface area contributed by atoms with E-state index in [4.69, 9.17) is 10.7 Å². The third-order valence-corrected chi connectivity index (χ3v) is 4.81. The van der Waals surface area contributed by atoms with Crippen LogP contribution in [0.25, 0.3) is 11.0 Å². The van der Waals surface area contributed by atoms with Crippen molar-refractivity contribution in [3.05, 3.63) is 17.1 Å². The van der Waals surface area contributed by atoms with Crippen LogP contribution in [0.15, 0.2) is 0 Å². The van der Waals surface area contributed by atoms with Gasteiger partial charge in [0.05, 0.1) is 5.39 Å². The van der Waals surface area contributed by atoms with Crippen molar-refractivity contribution < 1.29 is 0 Å². The Balaban J connectivity index is 2.22. The van der Waals surface area contributed by atoms with Gasteiger partial charge in [0.1, 0.15) is 17.3 Å². The lowest BCUT2D eigenvalue weighted by Gasteiger charge is -2.29. The maximum Gasteiger partial charge on any atom is 0.146 e. The standard InChI is InChI=1S/C16H24N4/c1-9-6-5-7-13(8-9)20-11(3)10(2)14-15(17)18-12(4)19-16(14)20/h9,13H,5-8H2,1-4H3,(H2,17,18,19). The van der Waals surface area contributed by atoms with Crippen LogP contribution in [0.2, 0.25) is 0 Å². The summed E-state index contributed by atoms with van der Waals surface area (Å²) in [5.41, 5.74) is 9.69. The van der Waals surface area contributed by atoms with Gasteiger partial charge in [0, 0.05) is 11.7 Å². The second-order valence-electron chi connectivity index (χ2n) is 6.36. The number of hydrogen-bond acceptors (Lipinski definition) is 3. The number of nitrogens with two attached hydrogens (primary N) is 1. The highest BCUT2D eigenvalue weighted by Gasteiger charge is 2.25. The molecule has 0 bridgehead atoms. The van der Waals surface area contributed by atoms with Gasteiger partial charge in [0.15, 0.2) is 0 Å². The molecule has 0 radical (unpaired) electrons. The monoisotopic (exact) mass is 272 g/mol. The van der Waals surface area contributed by atoms with Crippen LogP contribution < -0.4 is 5.73 Å². The van der Waals surface area contributed by atoms with Crippen LogP contribution in [-0.4, -0.2) is 14.5 Å². The van der Waals surface area contributed by atoms with Crippen molar-refractivity contribution in [2.24, 2.45) is 5.92 Å². The predicted octanol–water partition coefficient (Wildman–Crippen LogP) is 3.69. The molecule has 0 spiro atoms. The van der Waals surface area contributed by atoms with Crippen LogP contribution in [0.4, 0.5) is 5.82 Å². The van der Waals surface area contributed by atoms with Crippen molar-refractivity contribution in [1.82, 2.24) is 14.5 Å². The van der Waals surface area contributed by atoms with Crippen LogP contribution in [0.5, 0.6) is 0 Å². The summed E-state index contributed by atoms with van der Waals surface area (Å²) in [6.07, 6.45) is 5.15. The van der Waals surface area contributed by atoms with E-state index < -0.39 is 0 Å². The molecule has 2 aromatic heterocycles. The van der Waals surface area contributed by atoms with E-state index in [0.29, 0.717) is 11.9 Å². The van der Waals surface area contributed by atoms with E-state index in [0.717, 1.165) is 22.8 Å². The number of rotatable bonds is 1. The zero-order valence-electron chi connectivity index (χ0n) is 12.9. The normalized spacial score (nSPS) is 23.4. The van der Waals surface area contributed by atoms with E-state index in [1.165, 1.54) is 36.9 Å².